The van der Waals surface area contributed by atoms with Crippen LogP contribution in [-0.2, 0) is 14.8 Å². The highest BCUT2D eigenvalue weighted by Gasteiger charge is 2.08. The molecule has 0 fully saturated rings. The monoisotopic (exact) mass is 288 g/mol. The Morgan fingerprint density at radius 3 is 2.74 bits per heavy atom. The molecule has 1 aromatic rings. The van der Waals surface area contributed by atoms with Crippen LogP contribution in [0, 0.1) is 0 Å². The molecule has 1 rings (SSSR count). The van der Waals surface area contributed by atoms with Gasteiger partial charge >= 0.3 is 5.97 Å². The molecule has 19 heavy (non-hydrogen) atoms. The molecule has 0 radical (unpaired) electrons. The average Bonchev–Trinajstić information content (AvgIpc) is 2.36. The lowest BCUT2D eigenvalue weighted by Crippen LogP contribution is -2.24. The quantitative estimate of drug-likeness (QED) is 0.519. The van der Waals surface area contributed by atoms with E-state index in [0.29, 0.717) is 25.3 Å². The van der Waals surface area contributed by atoms with Crippen molar-refractivity contribution in [3.8, 4) is 0 Å². The average molecular weight is 288 g/mol. The van der Waals surface area contributed by atoms with Crippen LogP contribution in [0.2, 0.25) is 0 Å². The van der Waals surface area contributed by atoms with Crippen molar-refractivity contribution in [3.05, 3.63) is 18.1 Å². The van der Waals surface area contributed by atoms with Crippen molar-refractivity contribution in [2.75, 3.05) is 31.8 Å². The van der Waals surface area contributed by atoms with E-state index in [0.717, 1.165) is 6.26 Å². The number of methoxy groups -OCH3 is 1. The summed E-state index contributed by atoms with van der Waals surface area (Å²) in [5.41, 5.74) is 0.113. The number of nitrogens with one attached hydrogen (secondary N) is 2. The third-order valence-electron chi connectivity index (χ3n) is 2.05. The summed E-state index contributed by atoms with van der Waals surface area (Å²) in [6.45, 7) is 0.831. The molecule has 9 heteroatoms. The first-order valence-electron chi connectivity index (χ1n) is 5.51. The highest BCUT2D eigenvalue weighted by atomic mass is 32.2. The molecule has 106 valence electrons. The molecular formula is C10H16N4O4S. The van der Waals surface area contributed by atoms with Crippen LogP contribution >= 0.6 is 0 Å². The van der Waals surface area contributed by atoms with Gasteiger partial charge < -0.3 is 10.1 Å². The molecule has 0 unspecified atom stereocenters. The van der Waals surface area contributed by atoms with Crippen LogP contribution in [0.15, 0.2) is 12.4 Å². The number of hydrogen-bond acceptors (Lipinski definition) is 7. The molecule has 0 bridgehead atoms. The van der Waals surface area contributed by atoms with Gasteiger partial charge in [0.25, 0.3) is 0 Å². The van der Waals surface area contributed by atoms with Crippen molar-refractivity contribution in [3.63, 3.8) is 0 Å². The topological polar surface area (TPSA) is 110 Å². The fourth-order valence-corrected chi connectivity index (χ4v) is 1.73. The van der Waals surface area contributed by atoms with Crippen molar-refractivity contribution in [2.45, 2.75) is 6.42 Å². The normalized spacial score (nSPS) is 11.1. The predicted octanol–water partition coefficient (Wildman–Crippen LogP) is -0.386. The lowest BCUT2D eigenvalue weighted by molar-refractivity contribution is 0.0593. The smallest absolute Gasteiger partial charge is 0.358 e. The van der Waals surface area contributed by atoms with E-state index in [1.807, 2.05) is 0 Å². The minimum atomic E-state index is -3.16. The molecule has 1 heterocycles. The minimum absolute atomic E-state index is 0.113. The highest BCUT2D eigenvalue weighted by Crippen LogP contribution is 2.03. The van der Waals surface area contributed by atoms with Gasteiger partial charge in [0.05, 0.1) is 25.8 Å². The van der Waals surface area contributed by atoms with Crippen molar-refractivity contribution in [1.29, 1.82) is 0 Å². The standard InChI is InChI=1S/C10H16N4O4S/c1-18-10(15)8-6-11-7-9(14-8)12-4-3-5-13-19(2,16)17/h6-7,13H,3-5H2,1-2H3,(H,12,14). The van der Waals surface area contributed by atoms with E-state index in [1.165, 1.54) is 19.5 Å². The van der Waals surface area contributed by atoms with Gasteiger partial charge in [-0.1, -0.05) is 0 Å². The lowest BCUT2D eigenvalue weighted by Gasteiger charge is -2.06. The van der Waals surface area contributed by atoms with Gasteiger partial charge in [-0.2, -0.15) is 0 Å². The van der Waals surface area contributed by atoms with Gasteiger partial charge in [0.2, 0.25) is 10.0 Å². The third kappa shape index (κ3) is 6.11. The van der Waals surface area contributed by atoms with Crippen molar-refractivity contribution in [1.82, 2.24) is 14.7 Å². The largest absolute Gasteiger partial charge is 0.464 e. The fraction of sp³-hybridized carbons (Fsp3) is 0.500. The summed E-state index contributed by atoms with van der Waals surface area (Å²) < 4.78 is 28.5. The van der Waals surface area contributed by atoms with E-state index in [-0.39, 0.29) is 5.69 Å². The van der Waals surface area contributed by atoms with Gasteiger partial charge in [-0.25, -0.2) is 22.9 Å². The number of anilines is 1. The zero-order chi connectivity index (χ0) is 14.3. The van der Waals surface area contributed by atoms with Crippen molar-refractivity contribution >= 4 is 21.8 Å². The molecule has 0 spiro atoms. The summed E-state index contributed by atoms with van der Waals surface area (Å²) in [5, 5.41) is 2.93. The molecule has 2 N–H and O–H groups in total. The highest BCUT2D eigenvalue weighted by molar-refractivity contribution is 7.88. The number of nitrogens with zero attached hydrogens (tertiary/aromatic N) is 2. The first-order chi connectivity index (χ1) is 8.92. The number of carbonyl (C=O) groups excluding carboxylic acids is 1. The van der Waals surface area contributed by atoms with E-state index in [1.54, 1.807) is 0 Å². The zero-order valence-corrected chi connectivity index (χ0v) is 11.5. The predicted molar refractivity (Wildman–Crippen MR) is 69.3 cm³/mol. The second kappa shape index (κ2) is 7.00. The molecular weight excluding hydrogens is 272 g/mol. The Balaban J connectivity index is 2.39. The van der Waals surface area contributed by atoms with Crippen LogP contribution in [0.5, 0.6) is 0 Å². The number of aromatic nitrogens is 2. The number of esters is 1. The van der Waals surface area contributed by atoms with Crippen molar-refractivity contribution in [2.24, 2.45) is 0 Å². The first-order valence-corrected chi connectivity index (χ1v) is 7.40. The van der Waals surface area contributed by atoms with Crippen LogP contribution in [0.4, 0.5) is 5.82 Å². The second-order valence-electron chi connectivity index (χ2n) is 3.73. The molecule has 0 saturated heterocycles. The maximum Gasteiger partial charge on any atom is 0.358 e. The fourth-order valence-electron chi connectivity index (χ4n) is 1.22. The lowest BCUT2D eigenvalue weighted by atomic mass is 10.4. The van der Waals surface area contributed by atoms with Crippen LogP contribution < -0.4 is 10.0 Å². The Kier molecular flexibility index (Phi) is 5.64. The van der Waals surface area contributed by atoms with Gasteiger partial charge in [-0.05, 0) is 6.42 Å². The van der Waals surface area contributed by atoms with Crippen molar-refractivity contribution < 1.29 is 17.9 Å². The number of ether oxygens (including phenoxy) is 1. The third-order valence-corrected chi connectivity index (χ3v) is 2.78. The van der Waals surface area contributed by atoms with E-state index in [2.05, 4.69) is 24.7 Å². The molecule has 0 atom stereocenters. The summed E-state index contributed by atoms with van der Waals surface area (Å²) in [4.78, 5) is 19.1. The van der Waals surface area contributed by atoms with Gasteiger partial charge in [0.15, 0.2) is 5.69 Å². The molecule has 0 saturated carbocycles. The van der Waals surface area contributed by atoms with E-state index < -0.39 is 16.0 Å². The van der Waals surface area contributed by atoms with E-state index in [4.69, 9.17) is 0 Å². The maximum atomic E-state index is 11.2. The van der Waals surface area contributed by atoms with Crippen LogP contribution in [0.1, 0.15) is 16.9 Å². The van der Waals surface area contributed by atoms with Gasteiger partial charge in [-0.3, -0.25) is 4.98 Å². The van der Waals surface area contributed by atoms with Crippen LogP contribution in [0.3, 0.4) is 0 Å². The van der Waals surface area contributed by atoms with Gasteiger partial charge in [0.1, 0.15) is 5.82 Å². The molecule has 0 amide bonds. The second-order valence-corrected chi connectivity index (χ2v) is 5.56. The Labute approximate surface area is 111 Å². The Morgan fingerprint density at radius 1 is 1.37 bits per heavy atom. The number of carbonyl (C=O) groups is 1. The zero-order valence-electron chi connectivity index (χ0n) is 10.7. The summed E-state index contributed by atoms with van der Waals surface area (Å²) in [5.74, 6) is -0.128. The summed E-state index contributed by atoms with van der Waals surface area (Å²) in [6, 6.07) is 0. The van der Waals surface area contributed by atoms with Gasteiger partial charge in [0, 0.05) is 13.1 Å². The molecule has 0 aliphatic heterocycles. The minimum Gasteiger partial charge on any atom is -0.464 e. The van der Waals surface area contributed by atoms with Crippen LogP contribution in [0.25, 0.3) is 0 Å². The Morgan fingerprint density at radius 2 is 2.11 bits per heavy atom. The number of sulfonamides is 1. The maximum absolute atomic E-state index is 11.2. The summed E-state index contributed by atoms with van der Waals surface area (Å²) in [7, 11) is -1.89. The molecule has 1 aromatic heterocycles. The first kappa shape index (κ1) is 15.3. The molecule has 0 aliphatic rings. The van der Waals surface area contributed by atoms with E-state index >= 15 is 0 Å². The Hall–Kier alpha value is -1.74. The van der Waals surface area contributed by atoms with Crippen LogP contribution in [-0.4, -0.2) is 50.8 Å². The summed E-state index contributed by atoms with van der Waals surface area (Å²) >= 11 is 0. The van der Waals surface area contributed by atoms with Gasteiger partial charge in [-0.15, -0.1) is 0 Å². The molecule has 0 aromatic carbocycles. The SMILES string of the molecule is COC(=O)c1cncc(NCCCNS(C)(=O)=O)n1. The summed E-state index contributed by atoms with van der Waals surface area (Å²) in [6.07, 6.45) is 4.46. The molecule has 0 aliphatic carbocycles. The van der Waals surface area contributed by atoms with E-state index in [9.17, 15) is 13.2 Å². The number of rotatable bonds is 7. The number of hydrogen-bond donors (Lipinski definition) is 2. The molecule has 8 nitrogen and oxygen atoms in total. The Bertz CT molecular complexity index is 532.